The van der Waals surface area contributed by atoms with Crippen LogP contribution in [-0.4, -0.2) is 50.0 Å². The maximum atomic E-state index is 11.6. The van der Waals surface area contributed by atoms with Crippen molar-refractivity contribution in [3.63, 3.8) is 0 Å². The normalized spacial score (nSPS) is 23.1. The maximum Gasteiger partial charge on any atom is 0.231 e. The lowest BCUT2D eigenvalue weighted by atomic mass is 9.74. The van der Waals surface area contributed by atoms with Crippen LogP contribution in [0.2, 0.25) is 0 Å². The summed E-state index contributed by atoms with van der Waals surface area (Å²) in [5, 5.41) is 5.79. The smallest absolute Gasteiger partial charge is 0.231 e. The molecule has 7 rings (SSSR count). The molecule has 2 bridgehead atoms. The van der Waals surface area contributed by atoms with Crippen molar-refractivity contribution in [3.05, 3.63) is 40.2 Å². The van der Waals surface area contributed by atoms with E-state index in [9.17, 15) is 4.79 Å². The van der Waals surface area contributed by atoms with E-state index in [0.717, 1.165) is 29.9 Å². The van der Waals surface area contributed by atoms with Crippen molar-refractivity contribution < 1.29 is 4.79 Å². The van der Waals surface area contributed by atoms with Gasteiger partial charge in [0.25, 0.3) is 0 Å². The van der Waals surface area contributed by atoms with Crippen LogP contribution in [0.5, 0.6) is 0 Å². The highest BCUT2D eigenvalue weighted by Gasteiger charge is 2.39. The van der Waals surface area contributed by atoms with Crippen molar-refractivity contribution >= 4 is 33.1 Å². The number of aromatic nitrogens is 4. The average Bonchev–Trinajstić information content (AvgIpc) is 3.43. The monoisotopic (exact) mass is 490 g/mol. The van der Waals surface area contributed by atoms with Gasteiger partial charge in [-0.1, -0.05) is 13.8 Å². The third-order valence-corrected chi connectivity index (χ3v) is 9.55. The molecule has 3 N–H and O–H groups in total. The number of carbonyl (C=O) groups excluding carboxylic acids is 1. The first-order chi connectivity index (χ1) is 16.8. The Balaban J connectivity index is 1.42. The van der Waals surface area contributed by atoms with E-state index in [1.807, 2.05) is 15.9 Å². The zero-order valence-electron chi connectivity index (χ0n) is 21.0. The quantitative estimate of drug-likeness (QED) is 0.413. The maximum absolute atomic E-state index is 11.6. The number of thiophene rings is 1. The lowest BCUT2D eigenvalue weighted by molar-refractivity contribution is -0.119. The van der Waals surface area contributed by atoms with Gasteiger partial charge in [0.1, 0.15) is 11.2 Å². The van der Waals surface area contributed by atoms with E-state index in [-0.39, 0.29) is 5.91 Å². The number of rotatable bonds is 5. The molecular weight excluding hydrogens is 456 g/mol. The van der Waals surface area contributed by atoms with Gasteiger partial charge in [0, 0.05) is 35.1 Å². The van der Waals surface area contributed by atoms with Crippen LogP contribution in [0, 0.1) is 25.7 Å². The molecule has 4 aromatic heterocycles. The summed E-state index contributed by atoms with van der Waals surface area (Å²) in [6, 6.07) is 2.22. The Kier molecular flexibility index (Phi) is 5.49. The summed E-state index contributed by atoms with van der Waals surface area (Å²) < 4.78 is 1.88. The van der Waals surface area contributed by atoms with Crippen LogP contribution >= 0.6 is 11.3 Å². The summed E-state index contributed by atoms with van der Waals surface area (Å²) in [5.41, 5.74) is 12.8. The second-order valence-corrected chi connectivity index (χ2v) is 12.1. The van der Waals surface area contributed by atoms with Crippen molar-refractivity contribution in [2.45, 2.75) is 58.8 Å². The SMILES string of the molecule is Cc1c([C@H]2CC3CCC2CN(CC(N)=O)C3)sc2[nH]c(-c3cc(C)c4ncnn4c3)c(C(C)C)c12. The van der Waals surface area contributed by atoms with Crippen LogP contribution in [0.15, 0.2) is 18.6 Å². The second-order valence-electron chi connectivity index (χ2n) is 11.0. The zero-order chi connectivity index (χ0) is 24.4. The van der Waals surface area contributed by atoms with Gasteiger partial charge in [-0.2, -0.15) is 5.10 Å². The van der Waals surface area contributed by atoms with Crippen LogP contribution in [0.3, 0.4) is 0 Å². The van der Waals surface area contributed by atoms with Crippen LogP contribution < -0.4 is 5.73 Å². The molecule has 1 amide bonds. The summed E-state index contributed by atoms with van der Waals surface area (Å²) in [7, 11) is 0. The molecule has 2 saturated heterocycles. The average molecular weight is 491 g/mol. The molecule has 4 aromatic rings. The first-order valence-electron chi connectivity index (χ1n) is 12.8. The van der Waals surface area contributed by atoms with E-state index >= 15 is 0 Å². The standard InChI is InChI=1S/C27H34N6OS/c1-14(2)22-23-16(4)25(20-8-17-5-6-18(20)10-32(9-17)12-21(28)34)35-27(23)31-24(22)19-7-15(3)26-29-13-30-33(26)11-19/h7,11,13-14,17-18,20,31H,5-6,8-10,12H2,1-4H3,(H2,28,34)/t17?,18?,20-/m0/s1. The first-order valence-corrected chi connectivity index (χ1v) is 13.6. The van der Waals surface area contributed by atoms with E-state index < -0.39 is 0 Å². The minimum atomic E-state index is -0.211. The van der Waals surface area contributed by atoms with E-state index in [2.05, 4.69) is 59.9 Å². The predicted octanol–water partition coefficient (Wildman–Crippen LogP) is 4.98. The van der Waals surface area contributed by atoms with Crippen molar-refractivity contribution in [1.82, 2.24) is 24.5 Å². The number of nitrogens with one attached hydrogen (secondary N) is 1. The molecule has 6 heterocycles. The molecule has 35 heavy (non-hydrogen) atoms. The molecule has 7 nitrogen and oxygen atoms in total. The fraction of sp³-hybridized carbons (Fsp3) is 0.519. The van der Waals surface area contributed by atoms with E-state index in [0.29, 0.717) is 30.2 Å². The molecule has 8 heteroatoms. The number of carbonyl (C=O) groups is 1. The Bertz CT molecular complexity index is 1430. The number of primary amides is 1. The number of fused-ring (bicyclic) bond motifs is 6. The van der Waals surface area contributed by atoms with Gasteiger partial charge in [0.2, 0.25) is 5.91 Å². The number of H-pyrrole nitrogens is 1. The van der Waals surface area contributed by atoms with Gasteiger partial charge in [-0.15, -0.1) is 11.3 Å². The molecule has 3 atom stereocenters. The highest BCUT2D eigenvalue weighted by molar-refractivity contribution is 7.19. The molecule has 0 radical (unpaired) electrons. The van der Waals surface area contributed by atoms with E-state index in [1.165, 1.54) is 46.3 Å². The van der Waals surface area contributed by atoms with Crippen molar-refractivity contribution in [1.29, 1.82) is 0 Å². The number of pyridine rings is 1. The number of aryl methyl sites for hydroxylation is 2. The molecule has 0 aromatic carbocycles. The lowest BCUT2D eigenvalue weighted by Gasteiger charge is -2.32. The Morgan fingerprint density at radius 1 is 1.29 bits per heavy atom. The number of nitrogens with zero attached hydrogens (tertiary/aromatic N) is 4. The molecule has 1 aliphatic carbocycles. The van der Waals surface area contributed by atoms with Gasteiger partial charge in [0.15, 0.2) is 5.65 Å². The molecule has 1 saturated carbocycles. The molecule has 0 spiro atoms. The van der Waals surface area contributed by atoms with Gasteiger partial charge in [-0.3, -0.25) is 9.69 Å². The largest absolute Gasteiger partial charge is 0.369 e. The summed E-state index contributed by atoms with van der Waals surface area (Å²) >= 11 is 1.95. The number of amides is 1. The molecule has 2 unspecified atom stereocenters. The van der Waals surface area contributed by atoms with Crippen LogP contribution in [0.1, 0.15) is 66.5 Å². The lowest BCUT2D eigenvalue weighted by Crippen LogP contribution is -2.36. The topological polar surface area (TPSA) is 92.3 Å². The van der Waals surface area contributed by atoms with E-state index in [1.54, 1.807) is 11.2 Å². The Morgan fingerprint density at radius 2 is 2.11 bits per heavy atom. The fourth-order valence-electron chi connectivity index (χ4n) is 6.79. The highest BCUT2D eigenvalue weighted by atomic mass is 32.1. The second kappa shape index (κ2) is 8.45. The van der Waals surface area contributed by atoms with E-state index in [4.69, 9.17) is 5.73 Å². The van der Waals surface area contributed by atoms with Crippen molar-refractivity contribution in [2.75, 3.05) is 19.6 Å². The van der Waals surface area contributed by atoms with Crippen LogP contribution in [-0.2, 0) is 4.79 Å². The molecule has 184 valence electrons. The number of hydrogen-bond donors (Lipinski definition) is 2. The summed E-state index contributed by atoms with van der Waals surface area (Å²) in [5.74, 6) is 1.99. The van der Waals surface area contributed by atoms with Crippen molar-refractivity contribution in [2.24, 2.45) is 17.6 Å². The molecule has 3 fully saturated rings. The van der Waals surface area contributed by atoms with Crippen molar-refractivity contribution in [3.8, 4) is 11.3 Å². The summed E-state index contributed by atoms with van der Waals surface area (Å²) in [4.78, 5) is 24.9. The van der Waals surface area contributed by atoms with Gasteiger partial charge in [0.05, 0.1) is 12.2 Å². The van der Waals surface area contributed by atoms with Gasteiger partial charge in [-0.25, -0.2) is 9.50 Å². The zero-order valence-corrected chi connectivity index (χ0v) is 21.8. The van der Waals surface area contributed by atoms with Gasteiger partial charge < -0.3 is 10.7 Å². The number of nitrogens with two attached hydrogens (primary N) is 1. The minimum absolute atomic E-state index is 0.211. The highest BCUT2D eigenvalue weighted by Crippen LogP contribution is 2.50. The van der Waals surface area contributed by atoms with Crippen LogP contribution in [0.25, 0.3) is 27.1 Å². The summed E-state index contributed by atoms with van der Waals surface area (Å²) in [6.45, 7) is 11.4. The first kappa shape index (κ1) is 22.7. The van der Waals surface area contributed by atoms with Crippen LogP contribution in [0.4, 0.5) is 0 Å². The molecular formula is C27H34N6OS. The third-order valence-electron chi connectivity index (χ3n) is 8.21. The Hall–Kier alpha value is -2.71. The summed E-state index contributed by atoms with van der Waals surface area (Å²) in [6.07, 6.45) is 7.43. The third kappa shape index (κ3) is 3.78. The van der Waals surface area contributed by atoms with Gasteiger partial charge in [-0.05, 0) is 79.5 Å². The predicted molar refractivity (Wildman–Crippen MR) is 141 cm³/mol. The fourth-order valence-corrected chi connectivity index (χ4v) is 8.22. The number of aromatic amines is 1. The minimum Gasteiger partial charge on any atom is -0.369 e. The molecule has 3 aliphatic rings. The van der Waals surface area contributed by atoms with Gasteiger partial charge >= 0.3 is 0 Å². The Labute approximate surface area is 209 Å². The Morgan fingerprint density at radius 3 is 2.89 bits per heavy atom. The molecule has 2 aliphatic heterocycles. The number of hydrogen-bond acceptors (Lipinski definition) is 5.